The van der Waals surface area contributed by atoms with Gasteiger partial charge in [0.1, 0.15) is 16.5 Å². The van der Waals surface area contributed by atoms with E-state index in [2.05, 4.69) is 9.97 Å². The number of benzene rings is 1. The van der Waals surface area contributed by atoms with Crippen LogP contribution in [0.3, 0.4) is 0 Å². The number of nitrogens with one attached hydrogen (secondary N) is 1. The number of aromatic nitrogens is 5. The van der Waals surface area contributed by atoms with Gasteiger partial charge in [-0.3, -0.25) is 4.79 Å². The molecule has 4 aromatic rings. The third-order valence-electron chi connectivity index (χ3n) is 4.98. The van der Waals surface area contributed by atoms with E-state index in [9.17, 15) is 4.79 Å². The number of nitrogens with zero attached hydrogens (tertiary/aromatic N) is 4. The molecule has 142 valence electrons. The summed E-state index contributed by atoms with van der Waals surface area (Å²) in [7, 11) is 0. The van der Waals surface area contributed by atoms with Crippen molar-refractivity contribution in [3.8, 4) is 5.69 Å². The molecule has 0 unspecified atom stereocenters. The summed E-state index contributed by atoms with van der Waals surface area (Å²) in [5, 5.41) is 6.13. The highest BCUT2D eigenvalue weighted by molar-refractivity contribution is 7.98. The molecule has 0 saturated heterocycles. The van der Waals surface area contributed by atoms with E-state index in [1.807, 2.05) is 48.9 Å². The van der Waals surface area contributed by atoms with Gasteiger partial charge in [0.25, 0.3) is 5.56 Å². The smallest absolute Gasteiger partial charge is 0.259 e. The van der Waals surface area contributed by atoms with Crippen LogP contribution in [0.5, 0.6) is 0 Å². The van der Waals surface area contributed by atoms with Crippen molar-refractivity contribution in [1.29, 1.82) is 0 Å². The Hall–Kier alpha value is -2.45. The normalized spacial score (nSPS) is 14.1. The van der Waals surface area contributed by atoms with Crippen LogP contribution in [0.25, 0.3) is 15.9 Å². The van der Waals surface area contributed by atoms with Crippen molar-refractivity contribution in [3.05, 3.63) is 62.8 Å². The van der Waals surface area contributed by atoms with E-state index in [0.717, 1.165) is 39.6 Å². The molecule has 0 aliphatic heterocycles. The first kappa shape index (κ1) is 17.6. The first-order valence-electron chi connectivity index (χ1n) is 9.24. The van der Waals surface area contributed by atoms with E-state index < -0.39 is 0 Å². The lowest BCUT2D eigenvalue weighted by Crippen LogP contribution is -2.10. The van der Waals surface area contributed by atoms with Crippen molar-refractivity contribution in [1.82, 2.24) is 24.7 Å². The highest BCUT2D eigenvalue weighted by Gasteiger charge is 2.30. The molecule has 1 saturated carbocycles. The lowest BCUT2D eigenvalue weighted by molar-refractivity contribution is 0.782. The fraction of sp³-hybridized carbons (Fsp3) is 0.300. The van der Waals surface area contributed by atoms with E-state index in [1.165, 1.54) is 11.8 Å². The number of thioether (sulfide) groups is 1. The van der Waals surface area contributed by atoms with Gasteiger partial charge in [-0.2, -0.15) is 0 Å². The zero-order valence-electron chi connectivity index (χ0n) is 15.6. The van der Waals surface area contributed by atoms with Gasteiger partial charge in [0.2, 0.25) is 5.16 Å². The second kappa shape index (κ2) is 6.86. The molecular weight excluding hydrogens is 390 g/mol. The zero-order chi connectivity index (χ0) is 19.3. The maximum Gasteiger partial charge on any atom is 0.259 e. The van der Waals surface area contributed by atoms with Crippen LogP contribution in [0, 0.1) is 13.8 Å². The summed E-state index contributed by atoms with van der Waals surface area (Å²) in [5.41, 5.74) is 1.98. The van der Waals surface area contributed by atoms with Crippen molar-refractivity contribution in [3.63, 3.8) is 0 Å². The molecule has 1 aromatic carbocycles. The lowest BCUT2D eigenvalue weighted by Gasteiger charge is -2.03. The number of hydrogen-bond acceptors (Lipinski definition) is 6. The summed E-state index contributed by atoms with van der Waals surface area (Å²) < 4.78 is 1.95. The van der Waals surface area contributed by atoms with Crippen LogP contribution in [0.2, 0.25) is 0 Å². The molecule has 1 aliphatic rings. The molecule has 1 N–H and O–H groups in total. The Morgan fingerprint density at radius 2 is 2.00 bits per heavy atom. The van der Waals surface area contributed by atoms with Gasteiger partial charge in [-0.1, -0.05) is 30.0 Å². The summed E-state index contributed by atoms with van der Waals surface area (Å²) in [5.74, 6) is 2.71. The Balaban J connectivity index is 1.43. The van der Waals surface area contributed by atoms with Crippen molar-refractivity contribution in [2.75, 3.05) is 0 Å². The maximum atomic E-state index is 12.5. The zero-order valence-corrected chi connectivity index (χ0v) is 17.2. The molecule has 0 radical (unpaired) electrons. The standard InChI is InChI=1S/C20H19N5OS2/c1-11-12(2)28-19-16(11)18(26)21-15(22-19)10-27-20-23-17(13-8-9-13)25(24-20)14-6-4-3-5-7-14/h3-7,13H,8-10H2,1-2H3,(H,21,22,26). The molecule has 3 aromatic heterocycles. The fourth-order valence-electron chi connectivity index (χ4n) is 3.23. The number of thiophene rings is 1. The molecule has 0 amide bonds. The Morgan fingerprint density at radius 3 is 2.75 bits per heavy atom. The molecule has 0 atom stereocenters. The second-order valence-electron chi connectivity index (χ2n) is 7.04. The predicted octanol–water partition coefficient (Wildman–Crippen LogP) is 4.35. The minimum absolute atomic E-state index is 0.0658. The van der Waals surface area contributed by atoms with Crippen LogP contribution in [0.15, 0.2) is 40.3 Å². The van der Waals surface area contributed by atoms with Crippen LogP contribution >= 0.6 is 23.1 Å². The van der Waals surface area contributed by atoms with Crippen LogP contribution in [0.4, 0.5) is 0 Å². The van der Waals surface area contributed by atoms with Gasteiger partial charge >= 0.3 is 0 Å². The summed E-state index contributed by atoms with van der Waals surface area (Å²) in [6.45, 7) is 3.99. The Labute approximate surface area is 170 Å². The van der Waals surface area contributed by atoms with Crippen molar-refractivity contribution in [2.24, 2.45) is 0 Å². The molecule has 1 aliphatic carbocycles. The van der Waals surface area contributed by atoms with Gasteiger partial charge in [-0.05, 0) is 44.4 Å². The monoisotopic (exact) mass is 409 g/mol. The first-order valence-corrected chi connectivity index (χ1v) is 11.0. The van der Waals surface area contributed by atoms with E-state index in [4.69, 9.17) is 10.1 Å². The number of aromatic amines is 1. The number of hydrogen-bond donors (Lipinski definition) is 1. The fourth-order valence-corrected chi connectivity index (χ4v) is 4.98. The molecular formula is C20H19N5OS2. The van der Waals surface area contributed by atoms with Crippen LogP contribution < -0.4 is 5.56 Å². The van der Waals surface area contributed by atoms with Crippen LogP contribution in [0.1, 0.15) is 40.8 Å². The molecule has 28 heavy (non-hydrogen) atoms. The third kappa shape index (κ3) is 3.16. The highest BCUT2D eigenvalue weighted by Crippen LogP contribution is 2.40. The van der Waals surface area contributed by atoms with Crippen molar-refractivity contribution in [2.45, 2.75) is 43.5 Å². The quantitative estimate of drug-likeness (QED) is 0.496. The van der Waals surface area contributed by atoms with E-state index in [1.54, 1.807) is 11.3 Å². The molecule has 3 heterocycles. The first-order chi connectivity index (χ1) is 13.6. The summed E-state index contributed by atoms with van der Waals surface area (Å²) in [6.07, 6.45) is 2.33. The minimum atomic E-state index is -0.0658. The highest BCUT2D eigenvalue weighted by atomic mass is 32.2. The second-order valence-corrected chi connectivity index (χ2v) is 9.18. The van der Waals surface area contributed by atoms with Gasteiger partial charge in [0, 0.05) is 10.8 Å². The van der Waals surface area contributed by atoms with Gasteiger partial charge in [0.15, 0.2) is 0 Å². The number of rotatable bonds is 5. The third-order valence-corrected chi connectivity index (χ3v) is 6.93. The number of H-pyrrole nitrogens is 1. The van der Waals surface area contributed by atoms with Crippen LogP contribution in [-0.4, -0.2) is 24.7 Å². The van der Waals surface area contributed by atoms with E-state index >= 15 is 0 Å². The average Bonchev–Trinajstić information content (AvgIpc) is 3.38. The van der Waals surface area contributed by atoms with E-state index in [-0.39, 0.29) is 5.56 Å². The van der Waals surface area contributed by atoms with Crippen molar-refractivity contribution < 1.29 is 0 Å². The molecule has 0 bridgehead atoms. The minimum Gasteiger partial charge on any atom is -0.309 e. The molecule has 8 heteroatoms. The largest absolute Gasteiger partial charge is 0.309 e. The van der Waals surface area contributed by atoms with Gasteiger partial charge in [0.05, 0.1) is 16.8 Å². The summed E-state index contributed by atoms with van der Waals surface area (Å²) in [4.78, 5) is 26.7. The molecule has 6 nitrogen and oxygen atoms in total. The number of fused-ring (bicyclic) bond motifs is 1. The lowest BCUT2D eigenvalue weighted by atomic mass is 10.2. The number of para-hydroxylation sites is 1. The van der Waals surface area contributed by atoms with E-state index in [0.29, 0.717) is 28.0 Å². The number of aryl methyl sites for hydroxylation is 2. The Morgan fingerprint density at radius 1 is 1.21 bits per heavy atom. The molecule has 0 spiro atoms. The van der Waals surface area contributed by atoms with Gasteiger partial charge in [-0.25, -0.2) is 14.6 Å². The van der Waals surface area contributed by atoms with Gasteiger partial charge in [-0.15, -0.1) is 16.4 Å². The molecule has 5 rings (SSSR count). The van der Waals surface area contributed by atoms with Crippen LogP contribution in [-0.2, 0) is 5.75 Å². The van der Waals surface area contributed by atoms with Gasteiger partial charge < -0.3 is 4.98 Å². The van der Waals surface area contributed by atoms with Crippen molar-refractivity contribution >= 4 is 33.3 Å². The Bertz CT molecular complexity index is 1220. The summed E-state index contributed by atoms with van der Waals surface area (Å²) in [6, 6.07) is 10.1. The Kier molecular flexibility index (Phi) is 4.32. The average molecular weight is 410 g/mol. The summed E-state index contributed by atoms with van der Waals surface area (Å²) >= 11 is 3.07. The molecule has 1 fully saturated rings. The maximum absolute atomic E-state index is 12.5. The predicted molar refractivity (Wildman–Crippen MR) is 113 cm³/mol. The topological polar surface area (TPSA) is 76.5 Å². The SMILES string of the molecule is Cc1sc2nc(CSc3nc(C4CC4)n(-c4ccccc4)n3)[nH]c(=O)c2c1C.